The highest BCUT2D eigenvalue weighted by Gasteiger charge is 2.24. The van der Waals surface area contributed by atoms with Gasteiger partial charge in [-0.3, -0.25) is 4.90 Å². The molecule has 0 amide bonds. The van der Waals surface area contributed by atoms with Gasteiger partial charge in [0, 0.05) is 10.5 Å². The second-order valence-corrected chi connectivity index (χ2v) is 6.77. The van der Waals surface area contributed by atoms with Crippen LogP contribution in [0.5, 0.6) is 0 Å². The van der Waals surface area contributed by atoms with Gasteiger partial charge in [-0.25, -0.2) is 0 Å². The Kier molecular flexibility index (Phi) is 6.53. The van der Waals surface area contributed by atoms with E-state index in [0.29, 0.717) is 6.04 Å². The maximum absolute atomic E-state index is 3.60. The third-order valence-corrected chi connectivity index (χ3v) is 5.01. The molecule has 0 aliphatic carbocycles. The number of likely N-dealkylation sites (tertiary alicyclic amines) is 1. The van der Waals surface area contributed by atoms with Crippen molar-refractivity contribution in [3.63, 3.8) is 0 Å². The van der Waals surface area contributed by atoms with Crippen LogP contribution in [0.3, 0.4) is 0 Å². The molecular formula is C17H27BrN2. The van der Waals surface area contributed by atoms with Gasteiger partial charge in [0.15, 0.2) is 0 Å². The van der Waals surface area contributed by atoms with Gasteiger partial charge in [0.2, 0.25) is 0 Å². The molecule has 20 heavy (non-hydrogen) atoms. The molecule has 0 saturated carbocycles. The van der Waals surface area contributed by atoms with Crippen molar-refractivity contribution >= 4 is 15.9 Å². The molecule has 1 heterocycles. The van der Waals surface area contributed by atoms with Crippen molar-refractivity contribution in [1.82, 2.24) is 10.2 Å². The fourth-order valence-corrected chi connectivity index (χ4v) is 3.74. The third kappa shape index (κ3) is 4.31. The topological polar surface area (TPSA) is 15.3 Å². The van der Waals surface area contributed by atoms with Crippen LogP contribution in [0.1, 0.15) is 44.2 Å². The zero-order valence-corrected chi connectivity index (χ0v) is 14.3. The fourth-order valence-electron chi connectivity index (χ4n) is 3.32. The van der Waals surface area contributed by atoms with Crippen molar-refractivity contribution in [3.05, 3.63) is 34.3 Å². The Morgan fingerprint density at radius 1 is 1.35 bits per heavy atom. The average molecular weight is 339 g/mol. The molecule has 0 spiro atoms. The predicted octanol–water partition coefficient (Wildman–Crippen LogP) is 4.22. The van der Waals surface area contributed by atoms with Crippen molar-refractivity contribution < 1.29 is 0 Å². The number of hydrogen-bond donors (Lipinski definition) is 1. The second-order valence-electron chi connectivity index (χ2n) is 5.85. The largest absolute Gasteiger partial charge is 0.320 e. The van der Waals surface area contributed by atoms with Gasteiger partial charge in [-0.2, -0.15) is 0 Å². The summed E-state index contributed by atoms with van der Waals surface area (Å²) < 4.78 is 1.19. The number of nitrogens with zero attached hydrogens (tertiary/aromatic N) is 1. The summed E-state index contributed by atoms with van der Waals surface area (Å²) in [6.07, 6.45) is 5.23. The Morgan fingerprint density at radius 3 is 2.70 bits per heavy atom. The van der Waals surface area contributed by atoms with Gasteiger partial charge in [-0.05, 0) is 76.0 Å². The van der Waals surface area contributed by atoms with Gasteiger partial charge in [-0.15, -0.1) is 0 Å². The maximum atomic E-state index is 3.60. The molecular weight excluding hydrogens is 312 g/mol. The minimum atomic E-state index is 0.581. The van der Waals surface area contributed by atoms with E-state index < -0.39 is 0 Å². The van der Waals surface area contributed by atoms with Crippen LogP contribution >= 0.6 is 15.9 Å². The summed E-state index contributed by atoms with van der Waals surface area (Å²) in [4.78, 5) is 2.68. The van der Waals surface area contributed by atoms with E-state index in [1.54, 1.807) is 0 Å². The highest BCUT2D eigenvalue weighted by atomic mass is 79.9. The van der Waals surface area contributed by atoms with E-state index in [9.17, 15) is 0 Å². The van der Waals surface area contributed by atoms with E-state index in [1.165, 1.54) is 48.8 Å². The van der Waals surface area contributed by atoms with Crippen LogP contribution in [0.15, 0.2) is 28.7 Å². The Morgan fingerprint density at radius 2 is 2.10 bits per heavy atom. The molecule has 1 aromatic carbocycles. The van der Waals surface area contributed by atoms with E-state index in [2.05, 4.69) is 64.4 Å². The lowest BCUT2D eigenvalue weighted by molar-refractivity contribution is 0.126. The van der Waals surface area contributed by atoms with E-state index in [0.717, 1.165) is 12.5 Å². The molecule has 1 fully saturated rings. The lowest BCUT2D eigenvalue weighted by Crippen LogP contribution is -2.37. The standard InChI is InChI=1S/C17H27BrN2/c1-3-17(15-5-4-6-16(18)13-15)20-11-8-14(9-12-20)7-10-19-2/h4-6,13-14,17,19H,3,7-12H2,1-2H3. The van der Waals surface area contributed by atoms with Crippen LogP contribution in [0.2, 0.25) is 0 Å². The number of halogens is 1. The molecule has 1 atom stereocenters. The first-order chi connectivity index (χ1) is 9.74. The van der Waals surface area contributed by atoms with Gasteiger partial charge < -0.3 is 5.32 Å². The SMILES string of the molecule is CCC(c1cccc(Br)c1)N1CCC(CCNC)CC1. The average Bonchev–Trinajstić information content (AvgIpc) is 2.47. The van der Waals surface area contributed by atoms with Crippen LogP contribution in [-0.2, 0) is 0 Å². The zero-order valence-electron chi connectivity index (χ0n) is 12.7. The first kappa shape index (κ1) is 16.0. The van der Waals surface area contributed by atoms with Gasteiger partial charge in [0.1, 0.15) is 0 Å². The quantitative estimate of drug-likeness (QED) is 0.835. The molecule has 2 nitrogen and oxygen atoms in total. The van der Waals surface area contributed by atoms with Crippen molar-refractivity contribution in [1.29, 1.82) is 0 Å². The van der Waals surface area contributed by atoms with Crippen LogP contribution in [-0.4, -0.2) is 31.6 Å². The molecule has 3 heteroatoms. The first-order valence-electron chi connectivity index (χ1n) is 7.88. The van der Waals surface area contributed by atoms with E-state index >= 15 is 0 Å². The second kappa shape index (κ2) is 8.16. The number of hydrogen-bond acceptors (Lipinski definition) is 2. The monoisotopic (exact) mass is 338 g/mol. The minimum absolute atomic E-state index is 0.581. The number of benzene rings is 1. The van der Waals surface area contributed by atoms with E-state index in [1.807, 2.05) is 0 Å². The summed E-state index contributed by atoms with van der Waals surface area (Å²) >= 11 is 3.60. The summed E-state index contributed by atoms with van der Waals surface area (Å²) in [6, 6.07) is 9.40. The third-order valence-electron chi connectivity index (χ3n) is 4.51. The van der Waals surface area contributed by atoms with Crippen LogP contribution < -0.4 is 5.32 Å². The van der Waals surface area contributed by atoms with Crippen LogP contribution in [0, 0.1) is 5.92 Å². The summed E-state index contributed by atoms with van der Waals surface area (Å²) in [5.41, 5.74) is 1.45. The number of piperidine rings is 1. The molecule has 1 saturated heterocycles. The highest BCUT2D eigenvalue weighted by Crippen LogP contribution is 2.31. The summed E-state index contributed by atoms with van der Waals surface area (Å²) in [5.74, 6) is 0.915. The van der Waals surface area contributed by atoms with E-state index in [-0.39, 0.29) is 0 Å². The van der Waals surface area contributed by atoms with Gasteiger partial charge in [0.05, 0.1) is 0 Å². The van der Waals surface area contributed by atoms with Crippen molar-refractivity contribution in [3.8, 4) is 0 Å². The molecule has 1 aromatic rings. The van der Waals surface area contributed by atoms with Crippen molar-refractivity contribution in [2.24, 2.45) is 5.92 Å². The maximum Gasteiger partial charge on any atom is 0.0345 e. The Hall–Kier alpha value is -0.380. The smallest absolute Gasteiger partial charge is 0.0345 e. The molecule has 1 unspecified atom stereocenters. The lowest BCUT2D eigenvalue weighted by Gasteiger charge is -2.37. The summed E-state index contributed by atoms with van der Waals surface area (Å²) in [7, 11) is 2.05. The van der Waals surface area contributed by atoms with E-state index in [4.69, 9.17) is 0 Å². The van der Waals surface area contributed by atoms with Gasteiger partial charge >= 0.3 is 0 Å². The molecule has 112 valence electrons. The number of rotatable bonds is 6. The Labute approximate surface area is 132 Å². The Bertz CT molecular complexity index is 400. The molecule has 1 aliphatic heterocycles. The molecule has 1 aliphatic rings. The molecule has 0 bridgehead atoms. The Balaban J connectivity index is 1.93. The predicted molar refractivity (Wildman–Crippen MR) is 90.0 cm³/mol. The highest BCUT2D eigenvalue weighted by molar-refractivity contribution is 9.10. The van der Waals surface area contributed by atoms with Crippen LogP contribution in [0.25, 0.3) is 0 Å². The normalized spacial score (nSPS) is 19.1. The lowest BCUT2D eigenvalue weighted by atomic mass is 9.91. The molecule has 0 aromatic heterocycles. The summed E-state index contributed by atoms with van der Waals surface area (Å²) in [6.45, 7) is 5.96. The minimum Gasteiger partial charge on any atom is -0.320 e. The first-order valence-corrected chi connectivity index (χ1v) is 8.68. The molecule has 2 rings (SSSR count). The van der Waals surface area contributed by atoms with Gasteiger partial charge in [0.25, 0.3) is 0 Å². The van der Waals surface area contributed by atoms with Gasteiger partial charge in [-0.1, -0.05) is 35.0 Å². The van der Waals surface area contributed by atoms with Crippen LogP contribution in [0.4, 0.5) is 0 Å². The fraction of sp³-hybridized carbons (Fsp3) is 0.647. The molecule has 1 N–H and O–H groups in total. The van der Waals surface area contributed by atoms with Crippen molar-refractivity contribution in [2.75, 3.05) is 26.7 Å². The summed E-state index contributed by atoms with van der Waals surface area (Å²) in [5, 5.41) is 3.27. The zero-order chi connectivity index (χ0) is 14.4. The number of nitrogens with one attached hydrogen (secondary N) is 1. The van der Waals surface area contributed by atoms with Crippen molar-refractivity contribution in [2.45, 2.75) is 38.6 Å². The molecule has 0 radical (unpaired) electrons.